The van der Waals surface area contributed by atoms with Crippen LogP contribution in [0.4, 0.5) is 0 Å². The number of aromatic nitrogens is 5. The summed E-state index contributed by atoms with van der Waals surface area (Å²) in [6.07, 6.45) is 7.36. The number of carbonyl (C=O) groups is 1. The SMILES string of the molecule is Cc1cc(CC2COCCN(C(=O)c3cnn4cccnc34)C2)ncn1. The summed E-state index contributed by atoms with van der Waals surface area (Å²) in [5, 5.41) is 4.21. The van der Waals surface area contributed by atoms with Gasteiger partial charge in [-0.25, -0.2) is 19.5 Å². The molecule has 0 bridgehead atoms. The number of aryl methyl sites for hydroxylation is 1. The molecule has 0 radical (unpaired) electrons. The molecule has 8 nitrogen and oxygen atoms in total. The van der Waals surface area contributed by atoms with Gasteiger partial charge in [0.1, 0.15) is 11.9 Å². The lowest BCUT2D eigenvalue weighted by atomic mass is 10.0. The van der Waals surface area contributed by atoms with Gasteiger partial charge in [0, 0.05) is 42.8 Å². The minimum atomic E-state index is -0.0620. The van der Waals surface area contributed by atoms with Gasteiger partial charge in [0.25, 0.3) is 5.91 Å². The maximum Gasteiger partial charge on any atom is 0.259 e. The fourth-order valence-corrected chi connectivity index (χ4v) is 3.25. The summed E-state index contributed by atoms with van der Waals surface area (Å²) < 4.78 is 7.33. The topological polar surface area (TPSA) is 85.5 Å². The average Bonchev–Trinajstić information content (AvgIpc) is 2.94. The van der Waals surface area contributed by atoms with Crippen molar-refractivity contribution in [1.82, 2.24) is 29.5 Å². The Labute approximate surface area is 150 Å². The Morgan fingerprint density at radius 2 is 2.27 bits per heavy atom. The summed E-state index contributed by atoms with van der Waals surface area (Å²) in [6, 6.07) is 3.76. The number of hydrogen-bond donors (Lipinski definition) is 0. The molecule has 0 saturated carbocycles. The van der Waals surface area contributed by atoms with Gasteiger partial charge >= 0.3 is 0 Å². The molecule has 1 aliphatic heterocycles. The van der Waals surface area contributed by atoms with Gasteiger partial charge in [-0.1, -0.05) is 0 Å². The molecule has 0 aromatic carbocycles. The predicted octanol–water partition coefficient (Wildman–Crippen LogP) is 1.16. The molecule has 8 heteroatoms. The zero-order valence-corrected chi connectivity index (χ0v) is 14.6. The van der Waals surface area contributed by atoms with Gasteiger partial charge in [-0.05, 0) is 25.5 Å². The van der Waals surface area contributed by atoms with Crippen LogP contribution < -0.4 is 0 Å². The van der Waals surface area contributed by atoms with Crippen molar-refractivity contribution in [2.24, 2.45) is 5.92 Å². The van der Waals surface area contributed by atoms with Crippen molar-refractivity contribution in [2.45, 2.75) is 13.3 Å². The lowest BCUT2D eigenvalue weighted by Crippen LogP contribution is -2.36. The predicted molar refractivity (Wildman–Crippen MR) is 93.7 cm³/mol. The van der Waals surface area contributed by atoms with Crippen LogP contribution in [-0.2, 0) is 11.2 Å². The van der Waals surface area contributed by atoms with Crippen LogP contribution in [0.1, 0.15) is 21.7 Å². The van der Waals surface area contributed by atoms with Crippen LogP contribution >= 0.6 is 0 Å². The molecule has 1 atom stereocenters. The highest BCUT2D eigenvalue weighted by Gasteiger charge is 2.26. The third-order valence-electron chi connectivity index (χ3n) is 4.49. The van der Waals surface area contributed by atoms with Crippen molar-refractivity contribution < 1.29 is 9.53 Å². The largest absolute Gasteiger partial charge is 0.379 e. The summed E-state index contributed by atoms with van der Waals surface area (Å²) in [4.78, 5) is 27.6. The van der Waals surface area contributed by atoms with E-state index in [1.165, 1.54) is 0 Å². The Morgan fingerprint density at radius 1 is 1.35 bits per heavy atom. The normalized spacial score (nSPS) is 18.0. The second-order valence-electron chi connectivity index (χ2n) is 6.49. The fourth-order valence-electron chi connectivity index (χ4n) is 3.25. The lowest BCUT2D eigenvalue weighted by molar-refractivity contribution is 0.0739. The molecule has 0 N–H and O–H groups in total. The van der Waals surface area contributed by atoms with Crippen molar-refractivity contribution in [1.29, 1.82) is 0 Å². The van der Waals surface area contributed by atoms with E-state index in [9.17, 15) is 4.79 Å². The van der Waals surface area contributed by atoms with E-state index in [1.54, 1.807) is 35.5 Å². The smallest absolute Gasteiger partial charge is 0.259 e. The third-order valence-corrected chi connectivity index (χ3v) is 4.49. The van der Waals surface area contributed by atoms with Gasteiger partial charge in [-0.15, -0.1) is 0 Å². The van der Waals surface area contributed by atoms with Gasteiger partial charge in [-0.2, -0.15) is 5.10 Å². The molecular weight excluding hydrogens is 332 g/mol. The summed E-state index contributed by atoms with van der Waals surface area (Å²) >= 11 is 0. The van der Waals surface area contributed by atoms with E-state index in [4.69, 9.17) is 4.74 Å². The average molecular weight is 352 g/mol. The number of hydrogen-bond acceptors (Lipinski definition) is 6. The van der Waals surface area contributed by atoms with Gasteiger partial charge in [0.05, 0.1) is 19.4 Å². The standard InChI is InChI=1S/C18H20N6O2/c1-13-7-15(21-12-20-13)8-14-10-23(5-6-26-11-14)18(25)16-9-22-24-4-2-3-19-17(16)24/h2-4,7,9,12,14H,5-6,8,10-11H2,1H3. The van der Waals surface area contributed by atoms with Crippen molar-refractivity contribution in [3.05, 3.63) is 54.0 Å². The van der Waals surface area contributed by atoms with Crippen molar-refractivity contribution >= 4 is 11.6 Å². The van der Waals surface area contributed by atoms with E-state index in [0.717, 1.165) is 17.8 Å². The van der Waals surface area contributed by atoms with Crippen LogP contribution in [-0.4, -0.2) is 61.7 Å². The van der Waals surface area contributed by atoms with E-state index in [1.807, 2.05) is 17.9 Å². The first kappa shape index (κ1) is 16.6. The zero-order valence-electron chi connectivity index (χ0n) is 14.6. The number of amides is 1. The van der Waals surface area contributed by atoms with Crippen LogP contribution in [0.15, 0.2) is 37.1 Å². The molecule has 4 rings (SSSR count). The quantitative estimate of drug-likeness (QED) is 0.703. The van der Waals surface area contributed by atoms with Crippen molar-refractivity contribution in [3.8, 4) is 0 Å². The number of nitrogens with zero attached hydrogens (tertiary/aromatic N) is 6. The summed E-state index contributed by atoms with van der Waals surface area (Å²) in [5.74, 6) is 0.124. The van der Waals surface area contributed by atoms with Gasteiger partial charge in [0.2, 0.25) is 0 Å². The molecule has 0 spiro atoms. The Hall–Kier alpha value is -2.87. The first-order chi connectivity index (χ1) is 12.7. The van der Waals surface area contributed by atoms with Crippen LogP contribution in [0, 0.1) is 12.8 Å². The molecule has 3 aromatic rings. The summed E-state index contributed by atoms with van der Waals surface area (Å²) in [6.45, 7) is 4.26. The first-order valence-electron chi connectivity index (χ1n) is 8.63. The van der Waals surface area contributed by atoms with Gasteiger partial charge in [-0.3, -0.25) is 4.79 Å². The summed E-state index contributed by atoms with van der Waals surface area (Å²) in [7, 11) is 0. The fraction of sp³-hybridized carbons (Fsp3) is 0.389. The van der Waals surface area contributed by atoms with E-state index < -0.39 is 0 Å². The van der Waals surface area contributed by atoms with Gasteiger partial charge in [0.15, 0.2) is 5.65 Å². The molecule has 1 fully saturated rings. The van der Waals surface area contributed by atoms with Gasteiger partial charge < -0.3 is 9.64 Å². The van der Waals surface area contributed by atoms with Crippen LogP contribution in [0.2, 0.25) is 0 Å². The second-order valence-corrected chi connectivity index (χ2v) is 6.49. The Balaban J connectivity index is 1.53. The van der Waals surface area contributed by atoms with Crippen molar-refractivity contribution in [2.75, 3.05) is 26.3 Å². The highest BCUT2D eigenvalue weighted by molar-refractivity contribution is 5.99. The van der Waals surface area contributed by atoms with Crippen LogP contribution in [0.3, 0.4) is 0 Å². The van der Waals surface area contributed by atoms with E-state index in [-0.39, 0.29) is 11.8 Å². The number of fused-ring (bicyclic) bond motifs is 1. The van der Waals surface area contributed by atoms with Crippen LogP contribution in [0.5, 0.6) is 0 Å². The molecule has 0 aliphatic carbocycles. The summed E-state index contributed by atoms with van der Waals surface area (Å²) in [5.41, 5.74) is 3.00. The molecule has 1 aliphatic rings. The molecule has 134 valence electrons. The maximum absolute atomic E-state index is 13.0. The number of rotatable bonds is 3. The van der Waals surface area contributed by atoms with E-state index in [2.05, 4.69) is 20.1 Å². The Morgan fingerprint density at radius 3 is 3.15 bits per heavy atom. The monoisotopic (exact) mass is 352 g/mol. The third kappa shape index (κ3) is 3.41. The lowest BCUT2D eigenvalue weighted by Gasteiger charge is -2.23. The maximum atomic E-state index is 13.0. The van der Waals surface area contributed by atoms with Crippen LogP contribution in [0.25, 0.3) is 5.65 Å². The molecule has 26 heavy (non-hydrogen) atoms. The molecule has 3 aromatic heterocycles. The molecule has 1 saturated heterocycles. The molecule has 1 amide bonds. The molecular formula is C18H20N6O2. The molecule has 4 heterocycles. The second kappa shape index (κ2) is 7.17. The highest BCUT2D eigenvalue weighted by atomic mass is 16.5. The highest BCUT2D eigenvalue weighted by Crippen LogP contribution is 2.17. The minimum absolute atomic E-state index is 0.0620. The van der Waals surface area contributed by atoms with Crippen molar-refractivity contribution in [3.63, 3.8) is 0 Å². The minimum Gasteiger partial charge on any atom is -0.379 e. The van der Waals surface area contributed by atoms with E-state index >= 15 is 0 Å². The molecule has 1 unspecified atom stereocenters. The Bertz CT molecular complexity index is 925. The Kier molecular flexibility index (Phi) is 4.57. The van der Waals surface area contributed by atoms with E-state index in [0.29, 0.717) is 37.5 Å². The zero-order chi connectivity index (χ0) is 17.9. The number of ether oxygens (including phenoxy) is 1. The number of carbonyl (C=O) groups excluding carboxylic acids is 1. The first-order valence-corrected chi connectivity index (χ1v) is 8.63.